The van der Waals surface area contributed by atoms with Gasteiger partial charge in [0.2, 0.25) is 11.8 Å². The molecule has 2 atom stereocenters. The number of carbonyl (C=O) groups excluding carboxylic acids is 2. The quantitative estimate of drug-likeness (QED) is 0.599. The fourth-order valence-electron chi connectivity index (χ4n) is 4.09. The molecule has 1 aromatic rings. The van der Waals surface area contributed by atoms with E-state index in [1.54, 1.807) is 7.11 Å². The normalized spacial score (nSPS) is 19.6. The van der Waals surface area contributed by atoms with Gasteiger partial charge in [0.15, 0.2) is 0 Å². The number of hydrogen-bond acceptors (Lipinski definition) is 4. The van der Waals surface area contributed by atoms with E-state index in [0.29, 0.717) is 32.2 Å². The SMILES string of the molecule is COCCOCC(=O)N[C@@H](C(=O)N1CCC(c2ccc(Cl)cc2)C(C)(C)C1)C(C)C. The molecule has 1 aliphatic rings. The summed E-state index contributed by atoms with van der Waals surface area (Å²) in [6.45, 7) is 10.3. The first-order valence-electron chi connectivity index (χ1n) is 10.6. The van der Waals surface area contributed by atoms with E-state index >= 15 is 0 Å². The van der Waals surface area contributed by atoms with Crippen molar-refractivity contribution in [3.63, 3.8) is 0 Å². The molecule has 30 heavy (non-hydrogen) atoms. The molecule has 0 bridgehead atoms. The fourth-order valence-corrected chi connectivity index (χ4v) is 4.22. The summed E-state index contributed by atoms with van der Waals surface area (Å²) in [7, 11) is 1.58. The van der Waals surface area contributed by atoms with E-state index in [1.807, 2.05) is 30.9 Å². The van der Waals surface area contributed by atoms with Crippen LogP contribution in [0.25, 0.3) is 0 Å². The van der Waals surface area contributed by atoms with Crippen LogP contribution in [0.5, 0.6) is 0 Å². The minimum Gasteiger partial charge on any atom is -0.382 e. The molecule has 1 saturated heterocycles. The van der Waals surface area contributed by atoms with Crippen LogP contribution in [-0.2, 0) is 19.1 Å². The Balaban J connectivity index is 2.00. The summed E-state index contributed by atoms with van der Waals surface area (Å²) in [5.41, 5.74) is 1.16. The van der Waals surface area contributed by atoms with Crippen LogP contribution in [0, 0.1) is 11.3 Å². The maximum Gasteiger partial charge on any atom is 0.246 e. The van der Waals surface area contributed by atoms with Crippen LogP contribution in [0.1, 0.15) is 45.6 Å². The number of hydrogen-bond donors (Lipinski definition) is 1. The molecule has 0 aromatic heterocycles. The number of nitrogens with one attached hydrogen (secondary N) is 1. The molecule has 1 heterocycles. The fraction of sp³-hybridized carbons (Fsp3) is 0.652. The maximum atomic E-state index is 13.3. The zero-order chi connectivity index (χ0) is 22.3. The van der Waals surface area contributed by atoms with E-state index in [2.05, 4.69) is 31.3 Å². The van der Waals surface area contributed by atoms with E-state index < -0.39 is 6.04 Å². The molecular formula is C23H35ClN2O4. The van der Waals surface area contributed by atoms with Crippen LogP contribution in [-0.4, -0.2) is 62.8 Å². The van der Waals surface area contributed by atoms with Gasteiger partial charge in [-0.3, -0.25) is 9.59 Å². The van der Waals surface area contributed by atoms with Crippen molar-refractivity contribution < 1.29 is 19.1 Å². The van der Waals surface area contributed by atoms with Crippen molar-refractivity contribution in [2.75, 3.05) is 40.0 Å². The number of amides is 2. The van der Waals surface area contributed by atoms with Gasteiger partial charge in [-0.25, -0.2) is 0 Å². The van der Waals surface area contributed by atoms with Crippen LogP contribution >= 0.6 is 11.6 Å². The lowest BCUT2D eigenvalue weighted by atomic mass is 9.70. The van der Waals surface area contributed by atoms with Gasteiger partial charge in [0.1, 0.15) is 12.6 Å². The van der Waals surface area contributed by atoms with Crippen molar-refractivity contribution in [1.29, 1.82) is 0 Å². The van der Waals surface area contributed by atoms with Crippen LogP contribution in [0.15, 0.2) is 24.3 Å². The first-order chi connectivity index (χ1) is 14.2. The second-order valence-electron chi connectivity index (χ2n) is 8.98. The Labute approximate surface area is 185 Å². The summed E-state index contributed by atoms with van der Waals surface area (Å²) in [5.74, 6) is 0.0176. The Morgan fingerprint density at radius 2 is 1.90 bits per heavy atom. The van der Waals surface area contributed by atoms with E-state index in [1.165, 1.54) is 5.56 Å². The highest BCUT2D eigenvalue weighted by Crippen LogP contribution is 2.42. The average molecular weight is 439 g/mol. The molecule has 0 radical (unpaired) electrons. The third kappa shape index (κ3) is 6.69. The van der Waals surface area contributed by atoms with Crippen molar-refractivity contribution in [2.45, 2.75) is 46.1 Å². The summed E-state index contributed by atoms with van der Waals surface area (Å²) < 4.78 is 10.2. The van der Waals surface area contributed by atoms with Crippen molar-refractivity contribution in [2.24, 2.45) is 11.3 Å². The van der Waals surface area contributed by atoms with Gasteiger partial charge >= 0.3 is 0 Å². The molecule has 1 unspecified atom stereocenters. The standard InChI is InChI=1S/C23H35ClN2O4/c1-16(2)21(25-20(27)14-30-13-12-29-5)22(28)26-11-10-19(23(3,4)15-26)17-6-8-18(24)9-7-17/h6-9,16,19,21H,10-15H2,1-5H3,(H,25,27)/t19?,21-/m1/s1. The smallest absolute Gasteiger partial charge is 0.246 e. The van der Waals surface area contributed by atoms with Crippen molar-refractivity contribution in [3.8, 4) is 0 Å². The number of piperidine rings is 1. The molecule has 2 rings (SSSR count). The Bertz CT molecular complexity index is 706. The number of rotatable bonds is 9. The van der Waals surface area contributed by atoms with Gasteiger partial charge in [-0.05, 0) is 41.4 Å². The molecular weight excluding hydrogens is 404 g/mol. The molecule has 0 spiro atoms. The Hall–Kier alpha value is -1.63. The lowest BCUT2D eigenvalue weighted by Crippen LogP contribution is -2.56. The Morgan fingerprint density at radius 3 is 2.47 bits per heavy atom. The third-order valence-electron chi connectivity index (χ3n) is 5.73. The molecule has 6 nitrogen and oxygen atoms in total. The molecule has 1 fully saturated rings. The predicted molar refractivity (Wildman–Crippen MR) is 119 cm³/mol. The van der Waals surface area contributed by atoms with Gasteiger partial charge in [-0.1, -0.05) is 51.4 Å². The lowest BCUT2D eigenvalue weighted by Gasteiger charge is -2.45. The number of methoxy groups -OCH3 is 1. The molecule has 1 aliphatic heterocycles. The minimum absolute atomic E-state index is 0.0162. The highest BCUT2D eigenvalue weighted by molar-refractivity contribution is 6.30. The molecule has 1 N–H and O–H groups in total. The van der Waals surface area contributed by atoms with Crippen LogP contribution in [0.3, 0.4) is 0 Å². The van der Waals surface area contributed by atoms with Crippen molar-refractivity contribution in [3.05, 3.63) is 34.9 Å². The van der Waals surface area contributed by atoms with Crippen molar-refractivity contribution >= 4 is 23.4 Å². The molecule has 7 heteroatoms. The average Bonchev–Trinajstić information content (AvgIpc) is 2.69. The summed E-state index contributed by atoms with van der Waals surface area (Å²) in [6, 6.07) is 7.43. The molecule has 0 aliphatic carbocycles. The highest BCUT2D eigenvalue weighted by atomic mass is 35.5. The second kappa shape index (κ2) is 11.1. The molecule has 0 saturated carbocycles. The van der Waals surface area contributed by atoms with Gasteiger partial charge < -0.3 is 19.7 Å². The third-order valence-corrected chi connectivity index (χ3v) is 5.98. The first kappa shape index (κ1) is 24.6. The van der Waals surface area contributed by atoms with Gasteiger partial charge in [-0.15, -0.1) is 0 Å². The summed E-state index contributed by atoms with van der Waals surface area (Å²) in [5, 5.41) is 3.58. The largest absolute Gasteiger partial charge is 0.382 e. The Morgan fingerprint density at radius 1 is 1.23 bits per heavy atom. The number of carbonyl (C=O) groups is 2. The number of ether oxygens (including phenoxy) is 2. The zero-order valence-corrected chi connectivity index (χ0v) is 19.5. The monoisotopic (exact) mass is 438 g/mol. The molecule has 2 amide bonds. The molecule has 168 valence electrons. The number of halogens is 1. The molecule has 1 aromatic carbocycles. The van der Waals surface area contributed by atoms with E-state index in [-0.39, 0.29) is 29.8 Å². The van der Waals surface area contributed by atoms with Gasteiger partial charge in [-0.2, -0.15) is 0 Å². The van der Waals surface area contributed by atoms with Gasteiger partial charge in [0.05, 0.1) is 13.2 Å². The summed E-state index contributed by atoms with van der Waals surface area (Å²) in [4.78, 5) is 27.4. The maximum absolute atomic E-state index is 13.3. The summed E-state index contributed by atoms with van der Waals surface area (Å²) in [6.07, 6.45) is 0.874. The number of likely N-dealkylation sites (tertiary alicyclic amines) is 1. The van der Waals surface area contributed by atoms with Crippen molar-refractivity contribution in [1.82, 2.24) is 10.2 Å². The topological polar surface area (TPSA) is 67.9 Å². The lowest BCUT2D eigenvalue weighted by molar-refractivity contribution is -0.141. The van der Waals surface area contributed by atoms with E-state index in [4.69, 9.17) is 21.1 Å². The second-order valence-corrected chi connectivity index (χ2v) is 9.41. The summed E-state index contributed by atoms with van der Waals surface area (Å²) >= 11 is 6.04. The van der Waals surface area contributed by atoms with E-state index in [0.717, 1.165) is 11.4 Å². The van der Waals surface area contributed by atoms with Crippen LogP contribution < -0.4 is 5.32 Å². The van der Waals surface area contributed by atoms with E-state index in [9.17, 15) is 9.59 Å². The Kier molecular flexibility index (Phi) is 9.13. The number of nitrogens with zero attached hydrogens (tertiary/aromatic N) is 1. The van der Waals surface area contributed by atoms with Gasteiger partial charge in [0, 0.05) is 25.2 Å². The zero-order valence-electron chi connectivity index (χ0n) is 18.7. The minimum atomic E-state index is -0.564. The number of benzene rings is 1. The highest BCUT2D eigenvalue weighted by Gasteiger charge is 2.40. The van der Waals surface area contributed by atoms with Gasteiger partial charge in [0.25, 0.3) is 0 Å². The predicted octanol–water partition coefficient (Wildman–Crippen LogP) is 3.49. The van der Waals surface area contributed by atoms with Crippen LogP contribution in [0.2, 0.25) is 5.02 Å². The van der Waals surface area contributed by atoms with Crippen LogP contribution in [0.4, 0.5) is 0 Å². The first-order valence-corrected chi connectivity index (χ1v) is 10.9.